The molecule has 7 heteroatoms. The maximum atomic E-state index is 12.7. The molecular weight excluding hydrogens is 338 g/mol. The fourth-order valence-electron chi connectivity index (χ4n) is 2.61. The Morgan fingerprint density at radius 1 is 1.20 bits per heavy atom. The largest absolute Gasteiger partial charge is 0.328 e. The minimum Gasteiger partial charge on any atom is -0.328 e. The van der Waals surface area contributed by atoms with Crippen molar-refractivity contribution in [1.82, 2.24) is 4.90 Å². The first-order valence-corrected chi connectivity index (χ1v) is 8.63. The lowest BCUT2D eigenvalue weighted by atomic mass is 10.1. The van der Waals surface area contributed by atoms with E-state index in [-0.39, 0.29) is 24.3 Å². The highest BCUT2D eigenvalue weighted by atomic mass is 32.1. The molecule has 0 radical (unpaired) electrons. The van der Waals surface area contributed by atoms with Gasteiger partial charge in [0, 0.05) is 24.3 Å². The van der Waals surface area contributed by atoms with Crippen LogP contribution in [0, 0.1) is 0 Å². The van der Waals surface area contributed by atoms with E-state index in [0.29, 0.717) is 24.3 Å². The third kappa shape index (κ3) is 3.77. The third-order valence-electron chi connectivity index (χ3n) is 3.84. The van der Waals surface area contributed by atoms with Crippen molar-refractivity contribution < 1.29 is 14.4 Å². The van der Waals surface area contributed by atoms with E-state index in [1.54, 1.807) is 29.2 Å². The summed E-state index contributed by atoms with van der Waals surface area (Å²) in [6, 6.07) is 10.4. The molecule has 1 N–H and O–H groups in total. The molecule has 0 spiro atoms. The standard InChI is InChI=1S/C18H17N3O3S/c1-2-15(22)19-14-6-3-5-13(11-14)18(24)20-8-9-21(16(23)12-20)17-7-4-10-25-17/h2-7,10-11H,1,8-9,12H2,(H,19,22). The van der Waals surface area contributed by atoms with Crippen molar-refractivity contribution >= 4 is 39.7 Å². The molecule has 25 heavy (non-hydrogen) atoms. The maximum Gasteiger partial charge on any atom is 0.254 e. The molecule has 3 amide bonds. The van der Waals surface area contributed by atoms with Crippen LogP contribution in [0.3, 0.4) is 0 Å². The molecule has 1 fully saturated rings. The maximum absolute atomic E-state index is 12.7. The number of hydrogen-bond acceptors (Lipinski definition) is 4. The lowest BCUT2D eigenvalue weighted by molar-refractivity contribution is -0.120. The van der Waals surface area contributed by atoms with Crippen LogP contribution in [0.4, 0.5) is 10.7 Å². The van der Waals surface area contributed by atoms with Crippen molar-refractivity contribution in [2.45, 2.75) is 0 Å². The fraction of sp³-hybridized carbons (Fsp3) is 0.167. The first kappa shape index (κ1) is 16.9. The zero-order chi connectivity index (χ0) is 17.8. The van der Waals surface area contributed by atoms with Gasteiger partial charge in [-0.05, 0) is 41.8 Å². The minimum atomic E-state index is -0.343. The number of thiophene rings is 1. The summed E-state index contributed by atoms with van der Waals surface area (Å²) in [6.45, 7) is 4.37. The third-order valence-corrected chi connectivity index (χ3v) is 4.73. The monoisotopic (exact) mass is 355 g/mol. The highest BCUT2D eigenvalue weighted by Gasteiger charge is 2.29. The van der Waals surface area contributed by atoms with E-state index >= 15 is 0 Å². The molecule has 1 aliphatic heterocycles. The molecule has 0 unspecified atom stereocenters. The summed E-state index contributed by atoms with van der Waals surface area (Å²) in [5.74, 6) is -0.670. The Morgan fingerprint density at radius 2 is 2.04 bits per heavy atom. The van der Waals surface area contributed by atoms with Gasteiger partial charge in [0.15, 0.2) is 0 Å². The van der Waals surface area contributed by atoms with E-state index in [9.17, 15) is 14.4 Å². The summed E-state index contributed by atoms with van der Waals surface area (Å²) in [5, 5.41) is 5.44. The van der Waals surface area contributed by atoms with E-state index < -0.39 is 0 Å². The van der Waals surface area contributed by atoms with Gasteiger partial charge in [-0.1, -0.05) is 12.6 Å². The summed E-state index contributed by atoms with van der Waals surface area (Å²) in [6.07, 6.45) is 1.16. The van der Waals surface area contributed by atoms with Gasteiger partial charge in [0.25, 0.3) is 5.91 Å². The molecule has 1 aromatic heterocycles. The summed E-state index contributed by atoms with van der Waals surface area (Å²) < 4.78 is 0. The summed E-state index contributed by atoms with van der Waals surface area (Å²) in [4.78, 5) is 39.6. The van der Waals surface area contributed by atoms with Gasteiger partial charge in [0.1, 0.15) is 6.54 Å². The quantitative estimate of drug-likeness (QED) is 0.856. The zero-order valence-electron chi connectivity index (χ0n) is 13.5. The Labute approximate surface area is 149 Å². The van der Waals surface area contributed by atoms with Crippen molar-refractivity contribution in [3.8, 4) is 0 Å². The second-order valence-corrected chi connectivity index (χ2v) is 6.42. The average molecular weight is 355 g/mol. The van der Waals surface area contributed by atoms with Crippen molar-refractivity contribution in [2.24, 2.45) is 0 Å². The van der Waals surface area contributed by atoms with Gasteiger partial charge in [0.05, 0.1) is 5.00 Å². The molecule has 0 saturated carbocycles. The normalized spacial score (nSPS) is 14.3. The minimum absolute atomic E-state index is 0.0416. The molecule has 128 valence electrons. The topological polar surface area (TPSA) is 69.7 Å². The molecule has 0 bridgehead atoms. The summed E-state index contributed by atoms with van der Waals surface area (Å²) in [7, 11) is 0. The molecule has 2 aromatic rings. The molecule has 1 saturated heterocycles. The number of benzene rings is 1. The van der Waals surface area contributed by atoms with Crippen LogP contribution in [0.5, 0.6) is 0 Å². The van der Waals surface area contributed by atoms with Gasteiger partial charge in [-0.25, -0.2) is 0 Å². The Kier molecular flexibility index (Phi) is 4.95. The Balaban J connectivity index is 1.70. The van der Waals surface area contributed by atoms with Gasteiger partial charge < -0.3 is 15.1 Å². The van der Waals surface area contributed by atoms with Crippen LogP contribution < -0.4 is 10.2 Å². The number of piperazine rings is 1. The van der Waals surface area contributed by atoms with Gasteiger partial charge in [-0.15, -0.1) is 11.3 Å². The van der Waals surface area contributed by atoms with Crippen molar-refractivity contribution in [1.29, 1.82) is 0 Å². The molecule has 6 nitrogen and oxygen atoms in total. The molecular formula is C18H17N3O3S. The number of rotatable bonds is 4. The Hall–Kier alpha value is -2.93. The van der Waals surface area contributed by atoms with Crippen LogP contribution in [0.2, 0.25) is 0 Å². The Morgan fingerprint density at radius 3 is 2.72 bits per heavy atom. The summed E-state index contributed by atoms with van der Waals surface area (Å²) >= 11 is 1.50. The lowest BCUT2D eigenvalue weighted by Crippen LogP contribution is -2.52. The van der Waals surface area contributed by atoms with E-state index in [0.717, 1.165) is 11.1 Å². The number of hydrogen-bond donors (Lipinski definition) is 1. The zero-order valence-corrected chi connectivity index (χ0v) is 14.3. The number of nitrogens with one attached hydrogen (secondary N) is 1. The van der Waals surface area contributed by atoms with Crippen LogP contribution >= 0.6 is 11.3 Å². The molecule has 0 atom stereocenters. The number of anilines is 2. The smallest absolute Gasteiger partial charge is 0.254 e. The SMILES string of the molecule is C=CC(=O)Nc1cccc(C(=O)N2CCN(c3cccs3)C(=O)C2)c1. The van der Waals surface area contributed by atoms with E-state index in [1.807, 2.05) is 17.5 Å². The first-order valence-electron chi connectivity index (χ1n) is 7.75. The van der Waals surface area contributed by atoms with Gasteiger partial charge in [-0.2, -0.15) is 0 Å². The number of amides is 3. The van der Waals surface area contributed by atoms with Crippen LogP contribution in [0.25, 0.3) is 0 Å². The van der Waals surface area contributed by atoms with Gasteiger partial charge in [-0.3, -0.25) is 14.4 Å². The second-order valence-electron chi connectivity index (χ2n) is 5.50. The second kappa shape index (κ2) is 7.31. The van der Waals surface area contributed by atoms with Crippen molar-refractivity contribution in [3.63, 3.8) is 0 Å². The summed E-state index contributed by atoms with van der Waals surface area (Å²) in [5.41, 5.74) is 0.943. The van der Waals surface area contributed by atoms with Crippen LogP contribution in [-0.4, -0.2) is 42.3 Å². The highest BCUT2D eigenvalue weighted by Crippen LogP contribution is 2.23. The predicted octanol–water partition coefficient (Wildman–Crippen LogP) is 2.36. The number of nitrogens with zero attached hydrogens (tertiary/aromatic N) is 2. The van der Waals surface area contributed by atoms with E-state index in [4.69, 9.17) is 0 Å². The van der Waals surface area contributed by atoms with Crippen LogP contribution in [0.15, 0.2) is 54.4 Å². The lowest BCUT2D eigenvalue weighted by Gasteiger charge is -2.33. The number of carbonyl (C=O) groups excluding carboxylic acids is 3. The molecule has 2 heterocycles. The van der Waals surface area contributed by atoms with Crippen LogP contribution in [0.1, 0.15) is 10.4 Å². The highest BCUT2D eigenvalue weighted by molar-refractivity contribution is 7.14. The fourth-order valence-corrected chi connectivity index (χ4v) is 3.38. The van der Waals surface area contributed by atoms with Crippen LogP contribution in [-0.2, 0) is 9.59 Å². The van der Waals surface area contributed by atoms with E-state index in [1.165, 1.54) is 16.2 Å². The molecule has 3 rings (SSSR count). The molecule has 1 aromatic carbocycles. The van der Waals surface area contributed by atoms with Crippen molar-refractivity contribution in [2.75, 3.05) is 29.9 Å². The molecule has 0 aliphatic carbocycles. The van der Waals surface area contributed by atoms with Crippen molar-refractivity contribution in [3.05, 3.63) is 60.0 Å². The molecule has 1 aliphatic rings. The first-order chi connectivity index (χ1) is 12.1. The van der Waals surface area contributed by atoms with Gasteiger partial charge >= 0.3 is 0 Å². The Bertz CT molecular complexity index is 817. The average Bonchev–Trinajstić information content (AvgIpc) is 3.15. The van der Waals surface area contributed by atoms with E-state index in [2.05, 4.69) is 11.9 Å². The predicted molar refractivity (Wildman–Crippen MR) is 97.8 cm³/mol. The van der Waals surface area contributed by atoms with Gasteiger partial charge in [0.2, 0.25) is 11.8 Å². The number of carbonyl (C=O) groups is 3.